The van der Waals surface area contributed by atoms with Crippen molar-refractivity contribution in [2.75, 3.05) is 0 Å². The molecule has 0 spiro atoms. The largest absolute Gasteiger partial charge is 0.295 e. The number of carbonyl (C=O) groups excluding carboxylic acids is 4. The van der Waals surface area contributed by atoms with E-state index in [0.29, 0.717) is 11.1 Å². The van der Waals surface area contributed by atoms with Gasteiger partial charge in [0, 0.05) is 12.0 Å². The summed E-state index contributed by atoms with van der Waals surface area (Å²) in [6, 6.07) is 5.97. The van der Waals surface area contributed by atoms with Crippen molar-refractivity contribution in [3.63, 3.8) is 0 Å². The zero-order valence-corrected chi connectivity index (χ0v) is 12.6. The van der Waals surface area contributed by atoms with E-state index in [2.05, 4.69) is 5.32 Å². The average Bonchev–Trinajstić information content (AvgIpc) is 2.51. The molecule has 6 nitrogen and oxygen atoms in total. The summed E-state index contributed by atoms with van der Waals surface area (Å²) in [6.45, 7) is 4.00. The van der Waals surface area contributed by atoms with Crippen LogP contribution in [0.5, 0.6) is 0 Å². The monoisotopic (exact) mass is 302 g/mol. The van der Waals surface area contributed by atoms with Crippen LogP contribution in [-0.2, 0) is 20.8 Å². The van der Waals surface area contributed by atoms with Gasteiger partial charge in [0.2, 0.25) is 17.7 Å². The van der Waals surface area contributed by atoms with Crippen LogP contribution in [0.15, 0.2) is 24.3 Å². The minimum Gasteiger partial charge on any atom is -0.295 e. The second-order valence-electron chi connectivity index (χ2n) is 4.87. The Hall–Kier alpha value is -2.50. The van der Waals surface area contributed by atoms with Gasteiger partial charge in [0.25, 0.3) is 5.91 Å². The molecule has 0 radical (unpaired) electrons. The smallest absolute Gasteiger partial charge is 0.261 e. The van der Waals surface area contributed by atoms with E-state index in [1.807, 2.05) is 13.8 Å². The molecule has 3 rings (SSSR count). The van der Waals surface area contributed by atoms with E-state index in [1.54, 1.807) is 24.3 Å². The van der Waals surface area contributed by atoms with Crippen LogP contribution in [0, 0.1) is 0 Å². The van der Waals surface area contributed by atoms with Crippen molar-refractivity contribution in [2.45, 2.75) is 39.2 Å². The molecule has 1 saturated heterocycles. The minimum absolute atomic E-state index is 0.0969. The highest BCUT2D eigenvalue weighted by Gasteiger charge is 2.41. The third-order valence-corrected chi connectivity index (χ3v) is 3.60. The van der Waals surface area contributed by atoms with Gasteiger partial charge in [-0.2, -0.15) is 0 Å². The number of piperidine rings is 1. The molecule has 2 heterocycles. The number of rotatable bonds is 1. The normalized spacial score (nSPS) is 20.8. The molecule has 1 N–H and O–H groups in total. The van der Waals surface area contributed by atoms with Gasteiger partial charge in [-0.25, -0.2) is 0 Å². The van der Waals surface area contributed by atoms with E-state index in [1.165, 1.54) is 0 Å². The fraction of sp³-hybridized carbons (Fsp3) is 0.375. The first-order chi connectivity index (χ1) is 10.6. The Kier molecular flexibility index (Phi) is 4.70. The number of amides is 4. The van der Waals surface area contributed by atoms with Crippen LogP contribution in [0.2, 0.25) is 0 Å². The van der Waals surface area contributed by atoms with E-state index >= 15 is 0 Å². The van der Waals surface area contributed by atoms with Gasteiger partial charge >= 0.3 is 0 Å². The number of carbonyl (C=O) groups is 4. The van der Waals surface area contributed by atoms with Crippen LogP contribution in [0.1, 0.15) is 42.6 Å². The van der Waals surface area contributed by atoms with Gasteiger partial charge in [-0.15, -0.1) is 0 Å². The van der Waals surface area contributed by atoms with Gasteiger partial charge in [-0.3, -0.25) is 29.4 Å². The molecule has 0 aliphatic carbocycles. The Bertz CT molecular complexity index is 639. The lowest BCUT2D eigenvalue weighted by Gasteiger charge is -2.34. The first-order valence-electron chi connectivity index (χ1n) is 7.36. The van der Waals surface area contributed by atoms with Gasteiger partial charge in [0.15, 0.2) is 0 Å². The van der Waals surface area contributed by atoms with Gasteiger partial charge in [0.05, 0.1) is 6.42 Å². The summed E-state index contributed by atoms with van der Waals surface area (Å²) in [5.41, 5.74) is 1.11. The molecule has 0 aromatic heterocycles. The van der Waals surface area contributed by atoms with Crippen molar-refractivity contribution < 1.29 is 19.2 Å². The first kappa shape index (κ1) is 15.9. The van der Waals surface area contributed by atoms with Crippen molar-refractivity contribution in [1.29, 1.82) is 0 Å². The Labute approximate surface area is 128 Å². The quantitative estimate of drug-likeness (QED) is 0.786. The molecule has 22 heavy (non-hydrogen) atoms. The highest BCUT2D eigenvalue weighted by atomic mass is 16.2. The zero-order chi connectivity index (χ0) is 16.3. The predicted octanol–water partition coefficient (Wildman–Crippen LogP) is 1.04. The topological polar surface area (TPSA) is 83.6 Å². The fourth-order valence-corrected chi connectivity index (χ4v) is 2.62. The summed E-state index contributed by atoms with van der Waals surface area (Å²) >= 11 is 0. The number of hydrogen-bond acceptors (Lipinski definition) is 4. The summed E-state index contributed by atoms with van der Waals surface area (Å²) in [6.07, 6.45) is 0.416. The lowest BCUT2D eigenvalue weighted by atomic mass is 9.95. The highest BCUT2D eigenvalue weighted by Crippen LogP contribution is 2.24. The molecular formula is C16H18N2O4. The van der Waals surface area contributed by atoms with E-state index in [4.69, 9.17) is 0 Å². The number of benzene rings is 1. The third kappa shape index (κ3) is 2.77. The third-order valence-electron chi connectivity index (χ3n) is 3.60. The predicted molar refractivity (Wildman–Crippen MR) is 78.8 cm³/mol. The summed E-state index contributed by atoms with van der Waals surface area (Å²) < 4.78 is 0. The van der Waals surface area contributed by atoms with E-state index in [9.17, 15) is 19.2 Å². The number of imide groups is 2. The summed E-state index contributed by atoms with van der Waals surface area (Å²) in [7, 11) is 0. The van der Waals surface area contributed by atoms with Crippen LogP contribution >= 0.6 is 0 Å². The average molecular weight is 302 g/mol. The maximum atomic E-state index is 12.4. The van der Waals surface area contributed by atoms with Crippen molar-refractivity contribution in [3.05, 3.63) is 35.4 Å². The van der Waals surface area contributed by atoms with E-state index < -0.39 is 23.8 Å². The second-order valence-corrected chi connectivity index (χ2v) is 4.87. The SMILES string of the molecule is CC.O=C1CC[C@@H](N2C(=O)Cc3ccccc3C2=O)C(=O)N1. The fourth-order valence-electron chi connectivity index (χ4n) is 2.62. The van der Waals surface area contributed by atoms with Crippen LogP contribution in [0.3, 0.4) is 0 Å². The molecule has 2 aliphatic heterocycles. The van der Waals surface area contributed by atoms with Crippen LogP contribution < -0.4 is 5.32 Å². The summed E-state index contributed by atoms with van der Waals surface area (Å²) in [5.74, 6) is -1.82. The molecular weight excluding hydrogens is 284 g/mol. The molecule has 0 saturated carbocycles. The highest BCUT2D eigenvalue weighted by molar-refractivity contribution is 6.13. The van der Waals surface area contributed by atoms with Crippen LogP contribution in [0.4, 0.5) is 0 Å². The van der Waals surface area contributed by atoms with Crippen molar-refractivity contribution in [1.82, 2.24) is 10.2 Å². The molecule has 0 bridgehead atoms. The molecule has 1 fully saturated rings. The van der Waals surface area contributed by atoms with Crippen molar-refractivity contribution >= 4 is 23.6 Å². The molecule has 1 aromatic rings. The lowest BCUT2D eigenvalue weighted by Crippen LogP contribution is -2.57. The number of fused-ring (bicyclic) bond motifs is 1. The minimum atomic E-state index is -0.888. The number of nitrogens with zero attached hydrogens (tertiary/aromatic N) is 1. The van der Waals surface area contributed by atoms with Crippen LogP contribution in [-0.4, -0.2) is 34.6 Å². The molecule has 6 heteroatoms. The van der Waals surface area contributed by atoms with Gasteiger partial charge in [-0.05, 0) is 18.1 Å². The number of hydrogen-bond donors (Lipinski definition) is 1. The maximum Gasteiger partial charge on any atom is 0.261 e. The zero-order valence-electron chi connectivity index (χ0n) is 12.6. The number of nitrogens with one attached hydrogen (secondary N) is 1. The molecule has 2 aliphatic rings. The van der Waals surface area contributed by atoms with Gasteiger partial charge in [-0.1, -0.05) is 32.0 Å². The Morgan fingerprint density at radius 3 is 2.45 bits per heavy atom. The molecule has 1 aromatic carbocycles. The Morgan fingerprint density at radius 1 is 1.09 bits per heavy atom. The Balaban J connectivity index is 0.000000847. The van der Waals surface area contributed by atoms with Gasteiger partial charge in [0.1, 0.15) is 6.04 Å². The van der Waals surface area contributed by atoms with E-state index in [-0.39, 0.29) is 25.2 Å². The molecule has 116 valence electrons. The molecule has 4 amide bonds. The molecule has 1 atom stereocenters. The molecule has 0 unspecified atom stereocenters. The van der Waals surface area contributed by atoms with E-state index in [0.717, 1.165) is 4.90 Å². The Morgan fingerprint density at radius 2 is 1.77 bits per heavy atom. The summed E-state index contributed by atoms with van der Waals surface area (Å²) in [5, 5.41) is 2.17. The van der Waals surface area contributed by atoms with Crippen LogP contribution in [0.25, 0.3) is 0 Å². The lowest BCUT2D eigenvalue weighted by molar-refractivity contribution is -0.143. The van der Waals surface area contributed by atoms with Crippen molar-refractivity contribution in [3.8, 4) is 0 Å². The van der Waals surface area contributed by atoms with Gasteiger partial charge < -0.3 is 0 Å². The summed E-state index contributed by atoms with van der Waals surface area (Å²) in [4.78, 5) is 48.5. The van der Waals surface area contributed by atoms with Crippen molar-refractivity contribution in [2.24, 2.45) is 0 Å². The second kappa shape index (κ2) is 6.51. The first-order valence-corrected chi connectivity index (χ1v) is 7.36. The maximum absolute atomic E-state index is 12.4. The standard InChI is InChI=1S/C14H12N2O4.C2H6/c17-11-6-5-10(13(19)15-11)16-12(18)7-8-3-1-2-4-9(8)14(16)20;1-2/h1-4,10H,5-7H2,(H,15,17,19);1-2H3/t10-;/m1./s1.